The highest BCUT2D eigenvalue weighted by Crippen LogP contribution is 2.30. The molecule has 0 aliphatic carbocycles. The second-order valence-corrected chi connectivity index (χ2v) is 8.19. The SMILES string of the molecule is O=C([C@H]1CCCO1)N1CCN(S(=O)(=O)c2ccc(C(F)(F)F)cc2)CC1. The van der Waals surface area contributed by atoms with Crippen LogP contribution in [-0.2, 0) is 25.7 Å². The summed E-state index contributed by atoms with van der Waals surface area (Å²) in [6, 6.07) is 3.43. The van der Waals surface area contributed by atoms with Gasteiger partial charge in [0.2, 0.25) is 10.0 Å². The Morgan fingerprint density at radius 1 is 1.08 bits per heavy atom. The number of ether oxygens (including phenoxy) is 1. The second-order valence-electron chi connectivity index (χ2n) is 6.25. The average Bonchev–Trinajstić information content (AvgIpc) is 3.15. The van der Waals surface area contributed by atoms with E-state index < -0.39 is 27.9 Å². The molecule has 6 nitrogen and oxygen atoms in total. The summed E-state index contributed by atoms with van der Waals surface area (Å²) < 4.78 is 69.6. The average molecular weight is 392 g/mol. The van der Waals surface area contributed by atoms with Crippen molar-refractivity contribution in [3.05, 3.63) is 29.8 Å². The molecule has 2 aliphatic heterocycles. The first-order valence-electron chi connectivity index (χ1n) is 8.27. The molecule has 0 unspecified atom stereocenters. The highest BCUT2D eigenvalue weighted by molar-refractivity contribution is 7.89. The van der Waals surface area contributed by atoms with Crippen molar-refractivity contribution in [3.63, 3.8) is 0 Å². The first-order chi connectivity index (χ1) is 12.2. The lowest BCUT2D eigenvalue weighted by Crippen LogP contribution is -2.52. The molecule has 2 aliphatic rings. The molecule has 2 saturated heterocycles. The molecule has 0 N–H and O–H groups in total. The van der Waals surface area contributed by atoms with Gasteiger partial charge in [-0.3, -0.25) is 4.79 Å². The number of rotatable bonds is 3. The van der Waals surface area contributed by atoms with Gasteiger partial charge >= 0.3 is 6.18 Å². The third-order valence-electron chi connectivity index (χ3n) is 4.57. The molecule has 0 aromatic heterocycles. The largest absolute Gasteiger partial charge is 0.416 e. The number of sulfonamides is 1. The monoisotopic (exact) mass is 392 g/mol. The molecule has 0 saturated carbocycles. The fraction of sp³-hybridized carbons (Fsp3) is 0.562. The van der Waals surface area contributed by atoms with Crippen LogP contribution < -0.4 is 0 Å². The Kier molecular flexibility index (Phi) is 5.27. The molecule has 0 radical (unpaired) electrons. The van der Waals surface area contributed by atoms with Gasteiger partial charge in [0.05, 0.1) is 10.5 Å². The number of nitrogens with zero attached hydrogens (tertiary/aromatic N) is 2. The third-order valence-corrected chi connectivity index (χ3v) is 6.49. The number of alkyl halides is 3. The Bertz CT molecular complexity index is 751. The van der Waals surface area contributed by atoms with E-state index in [-0.39, 0.29) is 37.0 Å². The lowest BCUT2D eigenvalue weighted by Gasteiger charge is -2.35. The predicted octanol–water partition coefficient (Wildman–Crippen LogP) is 1.72. The molecular formula is C16H19F3N2O4S. The van der Waals surface area contributed by atoms with E-state index in [9.17, 15) is 26.4 Å². The lowest BCUT2D eigenvalue weighted by atomic mass is 10.2. The van der Waals surface area contributed by atoms with Crippen LogP contribution in [0.3, 0.4) is 0 Å². The van der Waals surface area contributed by atoms with Crippen molar-refractivity contribution in [2.24, 2.45) is 0 Å². The Labute approximate surface area is 149 Å². The summed E-state index contributed by atoms with van der Waals surface area (Å²) in [4.78, 5) is 13.7. The fourth-order valence-corrected chi connectivity index (χ4v) is 4.51. The van der Waals surface area contributed by atoms with E-state index in [2.05, 4.69) is 0 Å². The second kappa shape index (κ2) is 7.16. The Morgan fingerprint density at radius 2 is 1.69 bits per heavy atom. The van der Waals surface area contributed by atoms with E-state index >= 15 is 0 Å². The normalized spacial score (nSPS) is 22.6. The summed E-state index contributed by atoms with van der Waals surface area (Å²) in [5.74, 6) is -0.130. The van der Waals surface area contributed by atoms with Crippen LogP contribution in [-0.4, -0.2) is 62.4 Å². The molecule has 144 valence electrons. The number of carbonyl (C=O) groups excluding carboxylic acids is 1. The van der Waals surface area contributed by atoms with Crippen LogP contribution in [0.25, 0.3) is 0 Å². The zero-order chi connectivity index (χ0) is 18.9. The topological polar surface area (TPSA) is 66.9 Å². The van der Waals surface area contributed by atoms with Crippen LogP contribution in [0.1, 0.15) is 18.4 Å². The van der Waals surface area contributed by atoms with Crippen molar-refractivity contribution >= 4 is 15.9 Å². The molecule has 26 heavy (non-hydrogen) atoms. The minimum absolute atomic E-state index is 0.0990. The van der Waals surface area contributed by atoms with Crippen molar-refractivity contribution in [1.82, 2.24) is 9.21 Å². The molecule has 1 aromatic rings. The lowest BCUT2D eigenvalue weighted by molar-refractivity contribution is -0.142. The summed E-state index contributed by atoms with van der Waals surface area (Å²) in [6.07, 6.45) is -3.47. The van der Waals surface area contributed by atoms with E-state index in [0.29, 0.717) is 13.0 Å². The van der Waals surface area contributed by atoms with Gasteiger partial charge in [0.25, 0.3) is 5.91 Å². The van der Waals surface area contributed by atoms with Crippen LogP contribution in [0.15, 0.2) is 29.2 Å². The predicted molar refractivity (Wildman–Crippen MR) is 85.8 cm³/mol. The number of halogens is 3. The number of hydrogen-bond acceptors (Lipinski definition) is 4. The first-order valence-corrected chi connectivity index (χ1v) is 9.71. The van der Waals surface area contributed by atoms with Crippen LogP contribution in [0.4, 0.5) is 13.2 Å². The highest BCUT2D eigenvalue weighted by Gasteiger charge is 2.35. The summed E-state index contributed by atoms with van der Waals surface area (Å²) in [6.45, 7) is 1.22. The van der Waals surface area contributed by atoms with E-state index in [4.69, 9.17) is 4.74 Å². The van der Waals surface area contributed by atoms with Crippen molar-refractivity contribution < 1.29 is 31.1 Å². The Morgan fingerprint density at radius 3 is 2.19 bits per heavy atom. The zero-order valence-electron chi connectivity index (χ0n) is 13.9. The summed E-state index contributed by atoms with van der Waals surface area (Å²) >= 11 is 0. The summed E-state index contributed by atoms with van der Waals surface area (Å²) in [5.41, 5.74) is -0.900. The van der Waals surface area contributed by atoms with Gasteiger partial charge in [0.15, 0.2) is 0 Å². The van der Waals surface area contributed by atoms with Crippen LogP contribution >= 0.6 is 0 Å². The van der Waals surface area contributed by atoms with Gasteiger partial charge < -0.3 is 9.64 Å². The number of benzene rings is 1. The van der Waals surface area contributed by atoms with Gasteiger partial charge in [-0.05, 0) is 37.1 Å². The molecule has 1 atom stereocenters. The number of carbonyl (C=O) groups is 1. The minimum Gasteiger partial charge on any atom is -0.368 e. The molecule has 2 heterocycles. The van der Waals surface area contributed by atoms with Crippen molar-refractivity contribution in [2.45, 2.75) is 30.0 Å². The molecular weight excluding hydrogens is 373 g/mol. The molecule has 10 heteroatoms. The molecule has 2 fully saturated rings. The van der Waals surface area contributed by atoms with Crippen LogP contribution in [0.2, 0.25) is 0 Å². The van der Waals surface area contributed by atoms with Crippen LogP contribution in [0, 0.1) is 0 Å². The highest BCUT2D eigenvalue weighted by atomic mass is 32.2. The fourth-order valence-electron chi connectivity index (χ4n) is 3.09. The summed E-state index contributed by atoms with van der Waals surface area (Å²) in [5, 5.41) is 0. The standard InChI is InChI=1S/C16H19F3N2O4S/c17-16(18,19)12-3-5-13(6-4-12)26(23,24)21-9-7-20(8-10-21)15(22)14-2-1-11-25-14/h3-6,14H,1-2,7-11H2/t14-/m1/s1. The van der Waals surface area contributed by atoms with Crippen LogP contribution in [0.5, 0.6) is 0 Å². The van der Waals surface area contributed by atoms with Gasteiger partial charge in [-0.2, -0.15) is 17.5 Å². The van der Waals surface area contributed by atoms with E-state index in [1.165, 1.54) is 4.31 Å². The molecule has 0 spiro atoms. The molecule has 0 bridgehead atoms. The van der Waals surface area contributed by atoms with Gasteiger partial charge in [-0.15, -0.1) is 0 Å². The van der Waals surface area contributed by atoms with Gasteiger partial charge in [0.1, 0.15) is 6.10 Å². The van der Waals surface area contributed by atoms with Crippen molar-refractivity contribution in [3.8, 4) is 0 Å². The number of amides is 1. The maximum atomic E-state index is 12.6. The number of piperazine rings is 1. The zero-order valence-corrected chi connectivity index (χ0v) is 14.7. The first kappa shape index (κ1) is 19.1. The summed E-state index contributed by atoms with van der Waals surface area (Å²) in [7, 11) is -3.90. The van der Waals surface area contributed by atoms with Gasteiger partial charge in [-0.1, -0.05) is 0 Å². The Balaban J connectivity index is 1.65. The molecule has 1 aromatic carbocycles. The van der Waals surface area contributed by atoms with E-state index in [1.54, 1.807) is 4.90 Å². The molecule has 3 rings (SSSR count). The quantitative estimate of drug-likeness (QED) is 0.786. The van der Waals surface area contributed by atoms with Gasteiger partial charge in [-0.25, -0.2) is 8.42 Å². The van der Waals surface area contributed by atoms with E-state index in [0.717, 1.165) is 30.7 Å². The maximum absolute atomic E-state index is 12.6. The smallest absolute Gasteiger partial charge is 0.368 e. The minimum atomic E-state index is -4.52. The Hall–Kier alpha value is -1.65. The van der Waals surface area contributed by atoms with Crippen molar-refractivity contribution in [2.75, 3.05) is 32.8 Å². The van der Waals surface area contributed by atoms with Crippen molar-refractivity contribution in [1.29, 1.82) is 0 Å². The van der Waals surface area contributed by atoms with E-state index in [1.807, 2.05) is 0 Å². The number of hydrogen-bond donors (Lipinski definition) is 0. The van der Waals surface area contributed by atoms with Gasteiger partial charge in [0, 0.05) is 32.8 Å². The molecule has 1 amide bonds. The maximum Gasteiger partial charge on any atom is 0.416 e. The third kappa shape index (κ3) is 3.86.